The maximum atomic E-state index is 12.8. The molecule has 2 aromatic rings. The van der Waals surface area contributed by atoms with Crippen molar-refractivity contribution in [1.29, 1.82) is 0 Å². The molecule has 1 saturated heterocycles. The third kappa shape index (κ3) is 5.41. The summed E-state index contributed by atoms with van der Waals surface area (Å²) in [7, 11) is 0. The summed E-state index contributed by atoms with van der Waals surface area (Å²) in [6, 6.07) is 9.12. The number of anilines is 1. The highest BCUT2D eigenvalue weighted by atomic mass is 79.9. The number of esters is 1. The maximum Gasteiger partial charge on any atom is 0.344 e. The molecule has 32 heavy (non-hydrogen) atoms. The second-order valence-corrected chi connectivity index (χ2v) is 7.75. The van der Waals surface area contributed by atoms with Crippen LogP contribution in [-0.2, 0) is 14.3 Å². The van der Waals surface area contributed by atoms with E-state index in [1.807, 2.05) is 0 Å². The quantitative estimate of drug-likeness (QED) is 0.310. The Balaban J connectivity index is 1.87. The number of amides is 3. The fourth-order valence-electron chi connectivity index (χ4n) is 2.93. The van der Waals surface area contributed by atoms with Crippen molar-refractivity contribution in [3.63, 3.8) is 0 Å². The van der Waals surface area contributed by atoms with Crippen LogP contribution in [0.25, 0.3) is 6.08 Å². The van der Waals surface area contributed by atoms with E-state index in [0.29, 0.717) is 38.9 Å². The average molecular weight is 524 g/mol. The number of imide groups is 1. The number of carbonyl (C=O) groups excluding carboxylic acids is 3. The first kappa shape index (κ1) is 23.6. The summed E-state index contributed by atoms with van der Waals surface area (Å²) in [6.45, 7) is 3.83. The lowest BCUT2D eigenvalue weighted by atomic mass is 10.1. The van der Waals surface area contributed by atoms with E-state index in [-0.39, 0.29) is 18.9 Å². The Kier molecular flexibility index (Phi) is 7.76. The minimum absolute atomic E-state index is 0.0968. The molecule has 3 amide bonds. The number of halogens is 2. The van der Waals surface area contributed by atoms with Crippen molar-refractivity contribution in [3.05, 3.63) is 57.2 Å². The number of carbonyl (C=O) groups is 3. The minimum Gasteiger partial charge on any atom is -0.490 e. The lowest BCUT2D eigenvalue weighted by molar-refractivity contribution is -0.145. The molecular weight excluding hydrogens is 504 g/mol. The number of rotatable bonds is 8. The van der Waals surface area contributed by atoms with E-state index < -0.39 is 17.9 Å². The van der Waals surface area contributed by atoms with Gasteiger partial charge in [0, 0.05) is 5.02 Å². The number of nitrogens with zero attached hydrogens (tertiary/aromatic N) is 1. The smallest absolute Gasteiger partial charge is 0.344 e. The molecule has 1 fully saturated rings. The van der Waals surface area contributed by atoms with Crippen molar-refractivity contribution >= 4 is 57.2 Å². The predicted molar refractivity (Wildman–Crippen MR) is 123 cm³/mol. The van der Waals surface area contributed by atoms with E-state index in [1.165, 1.54) is 6.08 Å². The normalized spacial score (nSPS) is 14.5. The van der Waals surface area contributed by atoms with Gasteiger partial charge in [-0.05, 0) is 77.8 Å². The van der Waals surface area contributed by atoms with Crippen molar-refractivity contribution in [2.75, 3.05) is 24.7 Å². The molecule has 0 radical (unpaired) electrons. The lowest BCUT2D eigenvalue weighted by Crippen LogP contribution is -2.30. The van der Waals surface area contributed by atoms with Crippen molar-refractivity contribution in [2.45, 2.75) is 13.8 Å². The fraction of sp³-hybridized carbons (Fsp3) is 0.227. The first-order chi connectivity index (χ1) is 15.3. The Morgan fingerprint density at radius 2 is 1.84 bits per heavy atom. The van der Waals surface area contributed by atoms with E-state index in [2.05, 4.69) is 21.2 Å². The van der Waals surface area contributed by atoms with Crippen molar-refractivity contribution < 1.29 is 28.6 Å². The largest absolute Gasteiger partial charge is 0.490 e. The predicted octanol–water partition coefficient (Wildman–Crippen LogP) is 4.54. The Bertz CT molecular complexity index is 1070. The molecule has 2 aromatic carbocycles. The number of ether oxygens (including phenoxy) is 3. The van der Waals surface area contributed by atoms with Gasteiger partial charge in [-0.15, -0.1) is 0 Å². The van der Waals surface area contributed by atoms with E-state index in [1.54, 1.807) is 50.2 Å². The molecule has 0 unspecified atom stereocenters. The molecule has 3 rings (SSSR count). The van der Waals surface area contributed by atoms with Crippen LogP contribution in [0.5, 0.6) is 11.5 Å². The highest BCUT2D eigenvalue weighted by molar-refractivity contribution is 9.10. The fourth-order valence-corrected chi connectivity index (χ4v) is 3.63. The molecule has 1 heterocycles. The van der Waals surface area contributed by atoms with E-state index in [4.69, 9.17) is 25.8 Å². The first-order valence-electron chi connectivity index (χ1n) is 9.71. The van der Waals surface area contributed by atoms with Crippen LogP contribution in [0.1, 0.15) is 19.4 Å². The Morgan fingerprint density at radius 1 is 1.12 bits per heavy atom. The Hall–Kier alpha value is -3.04. The van der Waals surface area contributed by atoms with Crippen LogP contribution < -0.4 is 19.7 Å². The molecule has 1 N–H and O–H groups in total. The van der Waals surface area contributed by atoms with Crippen LogP contribution in [0.4, 0.5) is 10.5 Å². The van der Waals surface area contributed by atoms with Crippen molar-refractivity contribution in [2.24, 2.45) is 0 Å². The van der Waals surface area contributed by atoms with Crippen LogP contribution in [0.15, 0.2) is 46.6 Å². The van der Waals surface area contributed by atoms with Gasteiger partial charge in [-0.25, -0.2) is 14.5 Å². The third-order valence-electron chi connectivity index (χ3n) is 4.25. The van der Waals surface area contributed by atoms with Gasteiger partial charge in [0.05, 0.1) is 23.4 Å². The van der Waals surface area contributed by atoms with Crippen LogP contribution in [0.3, 0.4) is 0 Å². The maximum absolute atomic E-state index is 12.8. The SMILES string of the molecule is CCOC(=O)COc1c(Br)cc(/C=C2/NC(=O)N(c3ccc(Cl)cc3)C2=O)cc1OCC. The number of hydrogen-bond acceptors (Lipinski definition) is 6. The summed E-state index contributed by atoms with van der Waals surface area (Å²) >= 11 is 9.29. The summed E-state index contributed by atoms with van der Waals surface area (Å²) in [5.41, 5.74) is 1.07. The van der Waals surface area contributed by atoms with Crippen LogP contribution in [0, 0.1) is 0 Å². The Labute approximate surface area is 198 Å². The molecule has 0 aromatic heterocycles. The molecule has 8 nitrogen and oxygen atoms in total. The van der Waals surface area contributed by atoms with Gasteiger partial charge in [0.15, 0.2) is 18.1 Å². The molecule has 0 aliphatic carbocycles. The number of hydrogen-bond donors (Lipinski definition) is 1. The Morgan fingerprint density at radius 3 is 2.50 bits per heavy atom. The van der Waals surface area contributed by atoms with Gasteiger partial charge >= 0.3 is 12.0 Å². The standard InChI is InChI=1S/C22H20BrClN2O6/c1-3-30-18-11-13(9-16(23)20(18)32-12-19(27)31-4-2)10-17-21(28)26(22(29)25-17)15-7-5-14(24)6-8-15/h5-11H,3-4,12H2,1-2H3,(H,25,29)/b17-10+. The van der Waals surface area contributed by atoms with E-state index in [9.17, 15) is 14.4 Å². The number of urea groups is 1. The van der Waals surface area contributed by atoms with Gasteiger partial charge in [0.25, 0.3) is 5.91 Å². The van der Waals surface area contributed by atoms with E-state index in [0.717, 1.165) is 4.90 Å². The van der Waals surface area contributed by atoms with Crippen LogP contribution >= 0.6 is 27.5 Å². The van der Waals surface area contributed by atoms with Gasteiger partial charge in [0.2, 0.25) is 0 Å². The molecule has 1 aliphatic heterocycles. The zero-order valence-corrected chi connectivity index (χ0v) is 19.7. The molecule has 168 valence electrons. The molecule has 0 atom stereocenters. The van der Waals surface area contributed by atoms with Crippen LogP contribution in [0.2, 0.25) is 5.02 Å². The van der Waals surface area contributed by atoms with Gasteiger partial charge in [-0.1, -0.05) is 11.6 Å². The summed E-state index contributed by atoms with van der Waals surface area (Å²) < 4.78 is 16.6. The second kappa shape index (κ2) is 10.5. The summed E-state index contributed by atoms with van der Waals surface area (Å²) in [4.78, 5) is 37.9. The minimum atomic E-state index is -0.568. The molecule has 0 saturated carbocycles. The topological polar surface area (TPSA) is 94.2 Å². The monoisotopic (exact) mass is 522 g/mol. The van der Waals surface area contributed by atoms with Gasteiger partial charge < -0.3 is 19.5 Å². The van der Waals surface area contributed by atoms with Gasteiger partial charge in [0.1, 0.15) is 5.70 Å². The van der Waals surface area contributed by atoms with Gasteiger partial charge in [-0.2, -0.15) is 0 Å². The number of benzene rings is 2. The molecule has 0 bridgehead atoms. The second-order valence-electron chi connectivity index (χ2n) is 6.46. The molecule has 10 heteroatoms. The highest BCUT2D eigenvalue weighted by Gasteiger charge is 2.34. The lowest BCUT2D eigenvalue weighted by Gasteiger charge is -2.14. The van der Waals surface area contributed by atoms with E-state index >= 15 is 0 Å². The van der Waals surface area contributed by atoms with Crippen molar-refractivity contribution in [3.8, 4) is 11.5 Å². The third-order valence-corrected chi connectivity index (χ3v) is 5.09. The summed E-state index contributed by atoms with van der Waals surface area (Å²) in [6.07, 6.45) is 1.53. The zero-order valence-electron chi connectivity index (χ0n) is 17.3. The molecule has 0 spiro atoms. The average Bonchev–Trinajstić information content (AvgIpc) is 3.01. The highest BCUT2D eigenvalue weighted by Crippen LogP contribution is 2.38. The zero-order chi connectivity index (χ0) is 23.3. The van der Waals surface area contributed by atoms with Crippen molar-refractivity contribution in [1.82, 2.24) is 5.32 Å². The molecule has 1 aliphatic rings. The number of nitrogens with one attached hydrogen (secondary N) is 1. The summed E-state index contributed by atoms with van der Waals surface area (Å²) in [5, 5.41) is 3.07. The summed E-state index contributed by atoms with van der Waals surface area (Å²) in [5.74, 6) is -0.320. The first-order valence-corrected chi connectivity index (χ1v) is 10.9. The van der Waals surface area contributed by atoms with Crippen LogP contribution in [-0.4, -0.2) is 37.7 Å². The molecular formula is C22H20BrClN2O6. The van der Waals surface area contributed by atoms with Gasteiger partial charge in [-0.3, -0.25) is 4.79 Å².